The van der Waals surface area contributed by atoms with Gasteiger partial charge in [0.05, 0.1) is 17.3 Å². The van der Waals surface area contributed by atoms with E-state index in [1.165, 1.54) is 17.3 Å². The number of rotatable bonds is 7. The Hall–Kier alpha value is -3.06. The third-order valence-electron chi connectivity index (χ3n) is 3.42. The number of halogens is 1. The molecule has 3 rings (SSSR count). The molecular weight excluding hydrogens is 356 g/mol. The van der Waals surface area contributed by atoms with Crippen molar-refractivity contribution in [2.24, 2.45) is 0 Å². The number of hydrogen-bond acceptors (Lipinski definition) is 5. The van der Waals surface area contributed by atoms with Crippen LogP contribution in [0.5, 0.6) is 11.5 Å². The smallest absolute Gasteiger partial charge is 0.262 e. The van der Waals surface area contributed by atoms with E-state index >= 15 is 0 Å². The van der Waals surface area contributed by atoms with Crippen molar-refractivity contribution in [1.29, 1.82) is 0 Å². The lowest BCUT2D eigenvalue weighted by molar-refractivity contribution is -0.118. The quantitative estimate of drug-likeness (QED) is 0.688. The zero-order valence-electron chi connectivity index (χ0n) is 14.1. The van der Waals surface area contributed by atoms with E-state index in [-0.39, 0.29) is 12.5 Å². The van der Waals surface area contributed by atoms with Crippen LogP contribution in [0.15, 0.2) is 55.1 Å². The highest BCUT2D eigenvalue weighted by Gasteiger charge is 2.14. The molecule has 2 aromatic carbocycles. The summed E-state index contributed by atoms with van der Waals surface area (Å²) in [5.74, 6) is 0.765. The maximum atomic E-state index is 12.3. The second-order valence-corrected chi connectivity index (χ2v) is 5.60. The molecule has 0 fully saturated rings. The molecule has 26 heavy (non-hydrogen) atoms. The molecule has 8 heteroatoms. The second kappa shape index (κ2) is 8.35. The highest BCUT2D eigenvalue weighted by atomic mass is 35.5. The summed E-state index contributed by atoms with van der Waals surface area (Å²) in [7, 11) is 0. The maximum Gasteiger partial charge on any atom is 0.262 e. The van der Waals surface area contributed by atoms with Crippen molar-refractivity contribution < 1.29 is 14.3 Å². The lowest BCUT2D eigenvalue weighted by Gasteiger charge is -2.14. The number of amides is 1. The van der Waals surface area contributed by atoms with Crippen molar-refractivity contribution in [2.45, 2.75) is 6.92 Å². The van der Waals surface area contributed by atoms with Gasteiger partial charge in [-0.3, -0.25) is 4.79 Å². The Morgan fingerprint density at radius 2 is 1.92 bits per heavy atom. The van der Waals surface area contributed by atoms with Gasteiger partial charge in [-0.2, -0.15) is 5.10 Å². The summed E-state index contributed by atoms with van der Waals surface area (Å²) in [6.45, 7) is 2.22. The third kappa shape index (κ3) is 4.12. The number of para-hydroxylation sites is 3. The van der Waals surface area contributed by atoms with Crippen LogP contribution in [-0.2, 0) is 4.79 Å². The second-order valence-electron chi connectivity index (χ2n) is 5.19. The number of carbonyl (C=O) groups is 1. The first-order valence-corrected chi connectivity index (χ1v) is 8.35. The van der Waals surface area contributed by atoms with E-state index in [9.17, 15) is 4.79 Å². The van der Waals surface area contributed by atoms with Crippen LogP contribution in [0.1, 0.15) is 6.92 Å². The van der Waals surface area contributed by atoms with Crippen LogP contribution in [-0.4, -0.2) is 33.9 Å². The van der Waals surface area contributed by atoms with Crippen molar-refractivity contribution >= 4 is 23.2 Å². The summed E-state index contributed by atoms with van der Waals surface area (Å²) in [5, 5.41) is 7.29. The highest BCUT2D eigenvalue weighted by Crippen LogP contribution is 2.28. The fourth-order valence-corrected chi connectivity index (χ4v) is 2.61. The Morgan fingerprint density at radius 3 is 2.62 bits per heavy atom. The van der Waals surface area contributed by atoms with Crippen LogP contribution in [0.3, 0.4) is 0 Å². The number of benzene rings is 2. The number of ether oxygens (including phenoxy) is 2. The van der Waals surface area contributed by atoms with E-state index in [0.29, 0.717) is 34.5 Å². The van der Waals surface area contributed by atoms with Gasteiger partial charge in [-0.05, 0) is 31.2 Å². The molecule has 0 saturated heterocycles. The molecule has 0 bridgehead atoms. The number of nitrogens with one attached hydrogen (secondary N) is 1. The minimum atomic E-state index is -0.333. The van der Waals surface area contributed by atoms with Crippen LogP contribution in [0.2, 0.25) is 5.02 Å². The maximum absolute atomic E-state index is 12.3. The lowest BCUT2D eigenvalue weighted by atomic mass is 10.2. The van der Waals surface area contributed by atoms with Crippen LogP contribution < -0.4 is 14.8 Å². The molecule has 0 aliphatic rings. The van der Waals surface area contributed by atoms with E-state index in [1.54, 1.807) is 30.3 Å². The van der Waals surface area contributed by atoms with Crippen molar-refractivity contribution in [3.05, 3.63) is 60.1 Å². The van der Waals surface area contributed by atoms with Gasteiger partial charge in [0.25, 0.3) is 5.91 Å². The number of hydrogen-bond donors (Lipinski definition) is 1. The van der Waals surface area contributed by atoms with Gasteiger partial charge in [0, 0.05) is 0 Å². The van der Waals surface area contributed by atoms with Crippen molar-refractivity contribution in [3.63, 3.8) is 0 Å². The molecule has 0 unspecified atom stereocenters. The van der Waals surface area contributed by atoms with Gasteiger partial charge in [0.15, 0.2) is 18.1 Å². The van der Waals surface area contributed by atoms with E-state index in [0.717, 1.165) is 0 Å². The fraction of sp³-hybridized carbons (Fsp3) is 0.167. The molecule has 7 nitrogen and oxygen atoms in total. The number of carbonyl (C=O) groups excluding carboxylic acids is 1. The summed E-state index contributed by atoms with van der Waals surface area (Å²) in [6.07, 6.45) is 2.90. The Bertz CT molecular complexity index is 884. The molecular formula is C18H17ClN4O3. The minimum absolute atomic E-state index is 0.173. The minimum Gasteiger partial charge on any atom is -0.490 e. The summed E-state index contributed by atoms with van der Waals surface area (Å²) >= 11 is 6.25. The van der Waals surface area contributed by atoms with Crippen LogP contribution in [0, 0.1) is 0 Å². The molecule has 3 aromatic rings. The summed E-state index contributed by atoms with van der Waals surface area (Å²) in [6, 6.07) is 12.4. The molecule has 1 aromatic heterocycles. The van der Waals surface area contributed by atoms with Gasteiger partial charge in [-0.1, -0.05) is 29.8 Å². The van der Waals surface area contributed by atoms with Crippen LogP contribution in [0.25, 0.3) is 5.69 Å². The van der Waals surface area contributed by atoms with Crippen LogP contribution in [0.4, 0.5) is 5.69 Å². The third-order valence-corrected chi connectivity index (χ3v) is 3.72. The van der Waals surface area contributed by atoms with Crippen molar-refractivity contribution in [3.8, 4) is 17.2 Å². The molecule has 0 aliphatic carbocycles. The fourth-order valence-electron chi connectivity index (χ4n) is 2.35. The molecule has 0 atom stereocenters. The van der Waals surface area contributed by atoms with E-state index < -0.39 is 0 Å². The standard InChI is InChI=1S/C18H17ClN4O3/c1-2-25-15-8-3-4-9-16(15)26-10-17(24)22-14-7-5-6-13(19)18(14)23-12-20-11-21-23/h3-9,11-12H,2,10H2,1H3,(H,22,24). The van der Waals surface area contributed by atoms with Gasteiger partial charge >= 0.3 is 0 Å². The Balaban J connectivity index is 1.71. The Kier molecular flexibility index (Phi) is 5.70. The molecule has 134 valence electrons. The average molecular weight is 373 g/mol. The lowest BCUT2D eigenvalue weighted by Crippen LogP contribution is -2.21. The topological polar surface area (TPSA) is 78.3 Å². The molecule has 1 heterocycles. The number of aromatic nitrogens is 3. The summed E-state index contributed by atoms with van der Waals surface area (Å²) in [5.41, 5.74) is 1.05. The number of anilines is 1. The molecule has 0 radical (unpaired) electrons. The first-order valence-electron chi connectivity index (χ1n) is 7.97. The van der Waals surface area contributed by atoms with Gasteiger partial charge in [-0.25, -0.2) is 9.67 Å². The predicted octanol–water partition coefficient (Wildman–Crippen LogP) is 3.34. The molecule has 0 spiro atoms. The van der Waals surface area contributed by atoms with Gasteiger partial charge in [0.2, 0.25) is 0 Å². The van der Waals surface area contributed by atoms with Gasteiger partial charge in [-0.15, -0.1) is 0 Å². The van der Waals surface area contributed by atoms with Crippen molar-refractivity contribution in [2.75, 3.05) is 18.5 Å². The van der Waals surface area contributed by atoms with E-state index in [2.05, 4.69) is 15.4 Å². The number of nitrogens with zero attached hydrogens (tertiary/aromatic N) is 3. The average Bonchev–Trinajstić information content (AvgIpc) is 3.15. The zero-order chi connectivity index (χ0) is 18.4. The van der Waals surface area contributed by atoms with Gasteiger partial charge < -0.3 is 14.8 Å². The van der Waals surface area contributed by atoms with Crippen LogP contribution >= 0.6 is 11.6 Å². The highest BCUT2D eigenvalue weighted by molar-refractivity contribution is 6.33. The molecule has 0 aliphatic heterocycles. The SMILES string of the molecule is CCOc1ccccc1OCC(=O)Nc1cccc(Cl)c1-n1cncn1. The largest absolute Gasteiger partial charge is 0.490 e. The van der Waals surface area contributed by atoms with E-state index in [4.69, 9.17) is 21.1 Å². The summed E-state index contributed by atoms with van der Waals surface area (Å²) in [4.78, 5) is 16.2. The normalized spacial score (nSPS) is 10.4. The van der Waals surface area contributed by atoms with E-state index in [1.807, 2.05) is 19.1 Å². The summed E-state index contributed by atoms with van der Waals surface area (Å²) < 4.78 is 12.5. The first-order chi connectivity index (χ1) is 12.7. The molecule has 1 N–H and O–H groups in total. The monoisotopic (exact) mass is 372 g/mol. The zero-order valence-corrected chi connectivity index (χ0v) is 14.8. The molecule has 1 amide bonds. The Labute approximate surface area is 155 Å². The van der Waals surface area contributed by atoms with Crippen molar-refractivity contribution in [1.82, 2.24) is 14.8 Å². The predicted molar refractivity (Wildman–Crippen MR) is 98.1 cm³/mol. The molecule has 0 saturated carbocycles. The Morgan fingerprint density at radius 1 is 1.15 bits per heavy atom. The van der Waals surface area contributed by atoms with Gasteiger partial charge in [0.1, 0.15) is 18.3 Å². The first kappa shape index (κ1) is 17.8.